The average molecular weight is 869 g/mol. The Morgan fingerprint density at radius 2 is 0.687 bits per heavy atom. The minimum atomic E-state index is 0.535. The number of hydrogen-bond donors (Lipinski definition) is 2. The number of aryl methyl sites for hydroxylation is 3. The van der Waals surface area contributed by atoms with Gasteiger partial charge in [-0.1, -0.05) is 72.8 Å². The Bertz CT molecular complexity index is 3940. The first-order chi connectivity index (χ1) is 32.9. The molecule has 0 radical (unpaired) electrons. The molecule has 67 heavy (non-hydrogen) atoms. The zero-order valence-electron chi connectivity index (χ0n) is 36.7. The van der Waals surface area contributed by atoms with Gasteiger partial charge in [0.25, 0.3) is 0 Å². The summed E-state index contributed by atoms with van der Waals surface area (Å²) in [4.78, 5) is 43.2. The lowest BCUT2D eigenvalue weighted by Gasteiger charge is -2.07. The zero-order chi connectivity index (χ0) is 44.8. The van der Waals surface area contributed by atoms with E-state index in [0.717, 1.165) is 88.3 Å². The van der Waals surface area contributed by atoms with Crippen molar-refractivity contribution in [1.82, 2.24) is 39.9 Å². The largest absolute Gasteiger partial charge is 0.324 e. The van der Waals surface area contributed by atoms with Crippen molar-refractivity contribution < 1.29 is 18.7 Å². The smallest absolute Gasteiger partial charge is 0.169 e. The summed E-state index contributed by atoms with van der Waals surface area (Å²) < 4.78 is 6.10. The van der Waals surface area contributed by atoms with Crippen molar-refractivity contribution in [3.63, 3.8) is 0 Å². The molecule has 0 saturated heterocycles. The molecular weight excluding hydrogens is 829 g/mol. The lowest BCUT2D eigenvalue weighted by atomic mass is 9.96. The molecule has 316 valence electrons. The quantitative estimate of drug-likeness (QED) is 0.170. The van der Waals surface area contributed by atoms with Crippen LogP contribution < -0.4 is 18.7 Å². The fraction of sp³-hybridized carbons (Fsp3) is 0.0545. The lowest BCUT2D eigenvalue weighted by Crippen LogP contribution is -2.25. The van der Waals surface area contributed by atoms with Crippen molar-refractivity contribution in [3.05, 3.63) is 171 Å². The minimum absolute atomic E-state index is 0.535. The van der Waals surface area contributed by atoms with E-state index in [2.05, 4.69) is 173 Å². The van der Waals surface area contributed by atoms with Crippen LogP contribution >= 0.6 is 0 Å². The molecule has 9 heterocycles. The summed E-state index contributed by atoms with van der Waals surface area (Å²) in [5.74, 6) is 2.15. The van der Waals surface area contributed by atoms with Crippen LogP contribution in [0.1, 0.15) is 0 Å². The fourth-order valence-electron chi connectivity index (χ4n) is 9.56. The predicted molar refractivity (Wildman–Crippen MR) is 258 cm³/mol. The summed E-state index contributed by atoms with van der Waals surface area (Å²) in [5, 5.41) is 3.63. The molecule has 2 aliphatic heterocycles. The summed E-state index contributed by atoms with van der Waals surface area (Å²) >= 11 is 0. The Labute approximate surface area is 383 Å². The first kappa shape index (κ1) is 38.3. The standard InChI is InChI=1S/C55H38N12/c1-65-26-18-33(19-27-65)37-9-5-13-41-45(37)54-60-49(41)58-52-44-36(32-16-24-56-25-17-32)8-4-12-40(44)48(57-52)59-53-46-38(34-20-28-66(2)29-21-34)10-6-14-42(46)50(61-53)63-55-47-39(35-22-30-67(3)31-23-35)11-7-15-43(47)51(62-54)64-55/h4-31H,1-3H3,(H,57,58,59,60,61,62,63,64)/q+2/p+2. The number of H-pyrrole nitrogens is 3. The molecule has 12 heteroatoms. The molecule has 0 atom stereocenters. The van der Waals surface area contributed by atoms with Crippen LogP contribution in [0, 0.1) is 0 Å². The van der Waals surface area contributed by atoms with Gasteiger partial charge in [-0.15, -0.1) is 0 Å². The number of nitrogens with zero attached hydrogens (tertiary/aromatic N) is 9. The van der Waals surface area contributed by atoms with Gasteiger partial charge in [-0.3, -0.25) is 0 Å². The predicted octanol–water partition coefficient (Wildman–Crippen LogP) is 8.82. The van der Waals surface area contributed by atoms with Gasteiger partial charge in [0.05, 0.1) is 0 Å². The van der Waals surface area contributed by atoms with Crippen LogP contribution in [0.5, 0.6) is 0 Å². The molecule has 13 rings (SSSR count). The second-order valence-corrected chi connectivity index (χ2v) is 17.1. The Kier molecular flexibility index (Phi) is 8.56. The third-order valence-electron chi connectivity index (χ3n) is 12.8. The number of aromatic nitrogens is 12. The van der Waals surface area contributed by atoms with E-state index in [1.165, 1.54) is 0 Å². The molecule has 0 aliphatic carbocycles. The first-order valence-corrected chi connectivity index (χ1v) is 22.1. The van der Waals surface area contributed by atoms with Crippen LogP contribution in [0.2, 0.25) is 0 Å². The number of rotatable bonds is 4. The van der Waals surface area contributed by atoms with E-state index >= 15 is 0 Å². The van der Waals surface area contributed by atoms with Crippen LogP contribution in [0.3, 0.4) is 0 Å². The lowest BCUT2D eigenvalue weighted by molar-refractivity contribution is -0.671. The highest BCUT2D eigenvalue weighted by Gasteiger charge is 2.27. The number of pyridine rings is 4. The van der Waals surface area contributed by atoms with Gasteiger partial charge in [-0.25, -0.2) is 48.6 Å². The average Bonchev–Trinajstić information content (AvgIpc) is 4.11. The highest BCUT2D eigenvalue weighted by atomic mass is 15.1. The van der Waals surface area contributed by atoms with Crippen LogP contribution in [0.15, 0.2) is 171 Å². The molecule has 0 amide bonds. The topological polar surface area (TPSA) is 135 Å². The van der Waals surface area contributed by atoms with E-state index in [1.807, 2.05) is 47.2 Å². The normalized spacial score (nSPS) is 11.8. The molecular formula is C55H40N12+4. The highest BCUT2D eigenvalue weighted by Crippen LogP contribution is 2.44. The fourth-order valence-corrected chi connectivity index (χ4v) is 9.56. The number of aromatic amines is 3. The van der Waals surface area contributed by atoms with Crippen molar-refractivity contribution in [3.8, 4) is 90.1 Å². The molecule has 4 aromatic carbocycles. The van der Waals surface area contributed by atoms with E-state index in [9.17, 15) is 0 Å². The third kappa shape index (κ3) is 6.29. The van der Waals surface area contributed by atoms with Gasteiger partial charge in [0.15, 0.2) is 72.9 Å². The zero-order valence-corrected chi connectivity index (χ0v) is 36.7. The minimum Gasteiger partial charge on any atom is -0.324 e. The molecule has 3 N–H and O–H groups in total. The SMILES string of the molecule is C[n+]1ccc(-c2cccc3c2-c2nc-3nc3[nH]c(nc4nc(nc5[nH]c(n2)c2cccc(-c6cc[nH+]cc6)c52)-c2cccc(-c5cc[n+](C)cc5)c2-4)c2cccc(-c4cc[n+](C)cc4)c32)cc1. The molecule has 12 nitrogen and oxygen atoms in total. The van der Waals surface area contributed by atoms with Crippen LogP contribution in [0.4, 0.5) is 0 Å². The Balaban J connectivity index is 1.21. The van der Waals surface area contributed by atoms with Crippen molar-refractivity contribution in [2.75, 3.05) is 0 Å². The maximum atomic E-state index is 5.48. The Morgan fingerprint density at radius 1 is 0.343 bits per heavy atom. The van der Waals surface area contributed by atoms with E-state index < -0.39 is 0 Å². The Morgan fingerprint density at radius 3 is 1.12 bits per heavy atom. The first-order valence-electron chi connectivity index (χ1n) is 22.1. The number of hydrogen-bond acceptors (Lipinski definition) is 6. The van der Waals surface area contributed by atoms with Gasteiger partial charge >= 0.3 is 0 Å². The molecule has 0 spiro atoms. The summed E-state index contributed by atoms with van der Waals surface area (Å²) in [6.07, 6.45) is 16.2. The van der Waals surface area contributed by atoms with E-state index in [0.29, 0.717) is 45.9 Å². The summed E-state index contributed by atoms with van der Waals surface area (Å²) in [6.45, 7) is 0. The number of fused-ring (bicyclic) bond motifs is 20. The van der Waals surface area contributed by atoms with Crippen LogP contribution in [-0.4, -0.2) is 39.9 Å². The second-order valence-electron chi connectivity index (χ2n) is 17.1. The van der Waals surface area contributed by atoms with Crippen molar-refractivity contribution in [2.45, 2.75) is 0 Å². The van der Waals surface area contributed by atoms with Crippen LogP contribution in [0.25, 0.3) is 134 Å². The molecule has 0 unspecified atom stereocenters. The Hall–Kier alpha value is -9.16. The molecule has 7 aromatic heterocycles. The molecule has 8 bridgehead atoms. The van der Waals surface area contributed by atoms with Gasteiger partial charge in [-0.05, 0) is 44.5 Å². The van der Waals surface area contributed by atoms with Gasteiger partial charge in [0.1, 0.15) is 43.7 Å². The van der Waals surface area contributed by atoms with Gasteiger partial charge < -0.3 is 9.97 Å². The molecule has 2 aliphatic rings. The molecule has 0 saturated carbocycles. The third-order valence-corrected chi connectivity index (χ3v) is 12.8. The van der Waals surface area contributed by atoms with Crippen molar-refractivity contribution in [2.24, 2.45) is 21.1 Å². The number of benzene rings is 4. The molecule has 11 aromatic rings. The second kappa shape index (κ2) is 15.0. The highest BCUT2D eigenvalue weighted by molar-refractivity contribution is 6.14. The number of nitrogens with one attached hydrogen (secondary N) is 3. The van der Waals surface area contributed by atoms with Crippen molar-refractivity contribution >= 4 is 44.1 Å². The monoisotopic (exact) mass is 868 g/mol. The van der Waals surface area contributed by atoms with Crippen LogP contribution in [-0.2, 0) is 21.1 Å². The van der Waals surface area contributed by atoms with Gasteiger partial charge in [0.2, 0.25) is 0 Å². The summed E-state index contributed by atoms with van der Waals surface area (Å²) in [5.41, 5.74) is 14.2. The summed E-state index contributed by atoms with van der Waals surface area (Å²) in [7, 11) is 6.06. The van der Waals surface area contributed by atoms with Gasteiger partial charge in [0, 0.05) is 92.3 Å². The van der Waals surface area contributed by atoms with E-state index in [1.54, 1.807) is 0 Å². The molecule has 0 fully saturated rings. The van der Waals surface area contributed by atoms with Gasteiger partial charge in [-0.2, -0.15) is 0 Å². The maximum Gasteiger partial charge on any atom is 0.169 e. The summed E-state index contributed by atoms with van der Waals surface area (Å²) in [6, 6.07) is 42.0. The maximum absolute atomic E-state index is 5.48. The van der Waals surface area contributed by atoms with E-state index in [-0.39, 0.29) is 0 Å². The van der Waals surface area contributed by atoms with Crippen molar-refractivity contribution in [1.29, 1.82) is 0 Å². The van der Waals surface area contributed by atoms with E-state index in [4.69, 9.17) is 29.9 Å².